The largest absolute Gasteiger partial charge is 0.507 e. The highest BCUT2D eigenvalue weighted by Crippen LogP contribution is 2.41. The maximum atomic E-state index is 13.2. The number of hydrogen-bond donors (Lipinski definition) is 1. The molecule has 2 heterocycles. The molecule has 0 saturated carbocycles. The van der Waals surface area contributed by atoms with Crippen LogP contribution in [-0.4, -0.2) is 21.7 Å². The van der Waals surface area contributed by atoms with Crippen molar-refractivity contribution in [2.24, 2.45) is 0 Å². The lowest BCUT2D eigenvalue weighted by molar-refractivity contribution is -0.140. The summed E-state index contributed by atoms with van der Waals surface area (Å²) >= 11 is 0. The van der Waals surface area contributed by atoms with Gasteiger partial charge in [0.15, 0.2) is 0 Å². The molecule has 0 radical (unpaired) electrons. The summed E-state index contributed by atoms with van der Waals surface area (Å²) in [5.41, 5.74) is 2.50. The number of carbonyl (C=O) groups excluding carboxylic acids is 2. The first kappa shape index (κ1) is 21.7. The van der Waals surface area contributed by atoms with Crippen molar-refractivity contribution < 1.29 is 19.1 Å². The van der Waals surface area contributed by atoms with Crippen LogP contribution in [0.4, 0.5) is 0 Å². The number of aliphatic hydroxyl groups is 1. The van der Waals surface area contributed by atoms with Gasteiger partial charge in [-0.2, -0.15) is 0 Å². The Morgan fingerprint density at radius 3 is 2.35 bits per heavy atom. The van der Waals surface area contributed by atoms with Gasteiger partial charge >= 0.3 is 0 Å². The van der Waals surface area contributed by atoms with E-state index in [9.17, 15) is 14.7 Å². The van der Waals surface area contributed by atoms with Crippen LogP contribution in [0.2, 0.25) is 0 Å². The molecule has 4 aromatic rings. The predicted molar refractivity (Wildman–Crippen MR) is 131 cm³/mol. The molecule has 1 aliphatic heterocycles. The van der Waals surface area contributed by atoms with Crippen molar-refractivity contribution in [2.45, 2.75) is 32.4 Å². The van der Waals surface area contributed by atoms with Crippen molar-refractivity contribution in [1.82, 2.24) is 4.90 Å². The summed E-state index contributed by atoms with van der Waals surface area (Å²) in [6.07, 6.45) is 1.54. The van der Waals surface area contributed by atoms with Crippen molar-refractivity contribution in [2.75, 3.05) is 0 Å². The number of likely N-dealkylation sites (tertiary alicyclic amines) is 1. The quantitative estimate of drug-likeness (QED) is 0.223. The first-order valence-electron chi connectivity index (χ1n) is 11.3. The molecule has 3 aromatic carbocycles. The Morgan fingerprint density at radius 2 is 1.68 bits per heavy atom. The second-order valence-corrected chi connectivity index (χ2v) is 8.89. The number of rotatable bonds is 5. The number of furan rings is 1. The molecule has 5 nitrogen and oxygen atoms in total. The molecule has 1 aromatic heterocycles. The standard InChI is InChI=1S/C29H25NO4/c1-18(2)19-9-12-21(13-10-19)26-25(28(32)29(33)30(26)17-24-8-5-15-34-24)27(31)23-14-11-20-6-3-4-7-22(20)16-23/h3-16,18,26,31H,17H2,1-2H3/b27-25-. The highest BCUT2D eigenvalue weighted by Gasteiger charge is 2.46. The molecule has 1 fully saturated rings. The number of Topliss-reactive ketones (excluding diaryl/α,β-unsaturated/α-hetero) is 1. The van der Waals surface area contributed by atoms with Crippen molar-refractivity contribution in [1.29, 1.82) is 0 Å². The van der Waals surface area contributed by atoms with Crippen molar-refractivity contribution in [3.8, 4) is 0 Å². The first-order valence-corrected chi connectivity index (χ1v) is 11.3. The van der Waals surface area contributed by atoms with Gasteiger partial charge in [0.25, 0.3) is 11.7 Å². The highest BCUT2D eigenvalue weighted by atomic mass is 16.3. The van der Waals surface area contributed by atoms with Crippen molar-refractivity contribution in [3.63, 3.8) is 0 Å². The van der Waals surface area contributed by atoms with Crippen LogP contribution in [0.1, 0.15) is 48.3 Å². The Labute approximate surface area is 197 Å². The van der Waals surface area contributed by atoms with Crippen LogP contribution in [0.15, 0.2) is 95.1 Å². The number of fused-ring (bicyclic) bond motifs is 1. The van der Waals surface area contributed by atoms with Gasteiger partial charge in [-0.25, -0.2) is 0 Å². The zero-order valence-electron chi connectivity index (χ0n) is 19.1. The van der Waals surface area contributed by atoms with Crippen LogP contribution in [0.3, 0.4) is 0 Å². The third kappa shape index (κ3) is 3.79. The van der Waals surface area contributed by atoms with Crippen LogP contribution < -0.4 is 0 Å². The zero-order chi connectivity index (χ0) is 23.8. The normalized spacial score (nSPS) is 17.7. The van der Waals surface area contributed by atoms with Gasteiger partial charge in [0.1, 0.15) is 11.5 Å². The van der Waals surface area contributed by atoms with Gasteiger partial charge in [0.2, 0.25) is 0 Å². The summed E-state index contributed by atoms with van der Waals surface area (Å²) in [6, 6.07) is 24.0. The smallest absolute Gasteiger partial charge is 0.296 e. The monoisotopic (exact) mass is 451 g/mol. The number of benzene rings is 3. The fraction of sp³-hybridized carbons (Fsp3) is 0.172. The van der Waals surface area contributed by atoms with Gasteiger partial charge in [-0.1, -0.05) is 74.5 Å². The van der Waals surface area contributed by atoms with E-state index in [0.29, 0.717) is 17.2 Å². The lowest BCUT2D eigenvalue weighted by Crippen LogP contribution is -2.29. The SMILES string of the molecule is CC(C)c1ccc(C2/C(=C(/O)c3ccc4ccccc4c3)C(=O)C(=O)N2Cc2ccco2)cc1. The zero-order valence-corrected chi connectivity index (χ0v) is 19.1. The molecule has 1 unspecified atom stereocenters. The molecule has 1 atom stereocenters. The fourth-order valence-corrected chi connectivity index (χ4v) is 4.52. The van der Waals surface area contributed by atoms with E-state index in [1.54, 1.807) is 18.2 Å². The van der Waals surface area contributed by atoms with E-state index in [0.717, 1.165) is 21.9 Å². The fourth-order valence-electron chi connectivity index (χ4n) is 4.52. The topological polar surface area (TPSA) is 70.8 Å². The van der Waals surface area contributed by atoms with Gasteiger partial charge in [-0.05, 0) is 46.0 Å². The Balaban J connectivity index is 1.65. The molecule has 1 amide bonds. The third-order valence-electron chi connectivity index (χ3n) is 6.39. The Kier molecular flexibility index (Phi) is 5.54. The summed E-state index contributed by atoms with van der Waals surface area (Å²) in [4.78, 5) is 27.9. The van der Waals surface area contributed by atoms with E-state index in [1.165, 1.54) is 11.2 Å². The van der Waals surface area contributed by atoms with E-state index in [4.69, 9.17) is 4.42 Å². The van der Waals surface area contributed by atoms with Crippen LogP contribution in [0, 0.1) is 0 Å². The van der Waals surface area contributed by atoms with Gasteiger partial charge in [-0.15, -0.1) is 0 Å². The molecule has 1 aliphatic rings. The van der Waals surface area contributed by atoms with Crippen LogP contribution in [0.25, 0.3) is 16.5 Å². The van der Waals surface area contributed by atoms with Gasteiger partial charge in [0, 0.05) is 5.56 Å². The second-order valence-electron chi connectivity index (χ2n) is 8.89. The second kappa shape index (κ2) is 8.67. The molecular formula is C29H25NO4. The number of ketones is 1. The van der Waals surface area contributed by atoms with E-state index < -0.39 is 17.7 Å². The molecule has 0 bridgehead atoms. The van der Waals surface area contributed by atoms with Crippen molar-refractivity contribution in [3.05, 3.63) is 113 Å². The number of nitrogens with zero attached hydrogens (tertiary/aromatic N) is 1. The van der Waals surface area contributed by atoms with Gasteiger partial charge < -0.3 is 14.4 Å². The third-order valence-corrected chi connectivity index (χ3v) is 6.39. The molecule has 1 saturated heterocycles. The molecular weight excluding hydrogens is 426 g/mol. The van der Waals surface area contributed by atoms with Gasteiger partial charge in [0.05, 0.1) is 24.4 Å². The minimum Gasteiger partial charge on any atom is -0.507 e. The minimum absolute atomic E-state index is 0.0872. The van der Waals surface area contributed by atoms with E-state index >= 15 is 0 Å². The molecule has 5 heteroatoms. The lowest BCUT2D eigenvalue weighted by Gasteiger charge is -2.25. The molecule has 5 rings (SSSR count). The average molecular weight is 452 g/mol. The summed E-state index contributed by atoms with van der Waals surface area (Å²) in [5.74, 6) is -0.617. The van der Waals surface area contributed by atoms with E-state index in [2.05, 4.69) is 13.8 Å². The highest BCUT2D eigenvalue weighted by molar-refractivity contribution is 6.46. The average Bonchev–Trinajstić information content (AvgIpc) is 3.46. The van der Waals surface area contributed by atoms with E-state index in [1.807, 2.05) is 60.7 Å². The van der Waals surface area contributed by atoms with Crippen LogP contribution in [-0.2, 0) is 16.1 Å². The number of hydrogen-bond acceptors (Lipinski definition) is 4. The minimum atomic E-state index is -0.724. The first-order chi connectivity index (χ1) is 16.4. The summed E-state index contributed by atoms with van der Waals surface area (Å²) in [6.45, 7) is 4.35. The Hall–Kier alpha value is -4.12. The molecule has 0 aliphatic carbocycles. The van der Waals surface area contributed by atoms with E-state index in [-0.39, 0.29) is 17.9 Å². The molecule has 0 spiro atoms. The predicted octanol–water partition coefficient (Wildman–Crippen LogP) is 6.18. The van der Waals surface area contributed by atoms with Crippen molar-refractivity contribution >= 4 is 28.2 Å². The number of carbonyl (C=O) groups is 2. The summed E-state index contributed by atoms with van der Waals surface area (Å²) < 4.78 is 5.46. The summed E-state index contributed by atoms with van der Waals surface area (Å²) in [5, 5.41) is 13.3. The number of aliphatic hydroxyl groups excluding tert-OH is 1. The molecule has 1 N–H and O–H groups in total. The Bertz CT molecular complexity index is 1400. The lowest BCUT2D eigenvalue weighted by atomic mass is 9.92. The number of amides is 1. The van der Waals surface area contributed by atoms with Crippen LogP contribution >= 0.6 is 0 Å². The Morgan fingerprint density at radius 1 is 0.941 bits per heavy atom. The molecule has 170 valence electrons. The molecule has 34 heavy (non-hydrogen) atoms. The maximum absolute atomic E-state index is 13.2. The van der Waals surface area contributed by atoms with Crippen LogP contribution in [0.5, 0.6) is 0 Å². The summed E-state index contributed by atoms with van der Waals surface area (Å²) in [7, 11) is 0. The van der Waals surface area contributed by atoms with Gasteiger partial charge in [-0.3, -0.25) is 9.59 Å². The maximum Gasteiger partial charge on any atom is 0.296 e.